The fourth-order valence-electron chi connectivity index (χ4n) is 3.12. The van der Waals surface area contributed by atoms with Gasteiger partial charge in [-0.25, -0.2) is 23.9 Å². The van der Waals surface area contributed by atoms with Crippen LogP contribution < -0.4 is 15.5 Å². The van der Waals surface area contributed by atoms with E-state index >= 15 is 0 Å². The summed E-state index contributed by atoms with van der Waals surface area (Å²) in [6.45, 7) is 3.41. The van der Waals surface area contributed by atoms with Crippen LogP contribution in [-0.4, -0.2) is 56.7 Å². The third kappa shape index (κ3) is 3.43. The number of aryl methyl sites for hydroxylation is 1. The molecule has 9 nitrogen and oxygen atoms in total. The van der Waals surface area contributed by atoms with Gasteiger partial charge in [0.2, 0.25) is 0 Å². The van der Waals surface area contributed by atoms with Crippen molar-refractivity contribution in [3.8, 4) is 0 Å². The molecule has 4 heterocycles. The van der Waals surface area contributed by atoms with E-state index in [9.17, 15) is 9.18 Å². The van der Waals surface area contributed by atoms with Crippen molar-refractivity contribution >= 4 is 23.1 Å². The van der Waals surface area contributed by atoms with Crippen LogP contribution in [0.4, 0.5) is 15.9 Å². The molecule has 0 saturated carbocycles. The van der Waals surface area contributed by atoms with Gasteiger partial charge in [-0.1, -0.05) is 0 Å². The van der Waals surface area contributed by atoms with E-state index in [0.29, 0.717) is 11.9 Å². The van der Waals surface area contributed by atoms with Crippen LogP contribution in [0.1, 0.15) is 22.7 Å². The van der Waals surface area contributed by atoms with Gasteiger partial charge >= 0.3 is 0 Å². The Labute approximate surface area is 154 Å². The molecule has 1 fully saturated rings. The summed E-state index contributed by atoms with van der Waals surface area (Å²) < 4.78 is 15.4. The molecular formula is C17H19FN8O. The Morgan fingerprint density at radius 2 is 2.19 bits per heavy atom. The molecule has 0 spiro atoms. The largest absolute Gasteiger partial charge is 0.354 e. The van der Waals surface area contributed by atoms with E-state index in [-0.39, 0.29) is 17.0 Å². The monoisotopic (exact) mass is 370 g/mol. The van der Waals surface area contributed by atoms with Crippen LogP contribution in [0.5, 0.6) is 0 Å². The van der Waals surface area contributed by atoms with Crippen LogP contribution in [0.25, 0.3) is 5.65 Å². The fraction of sp³-hybridized carbons (Fsp3) is 0.353. The minimum absolute atomic E-state index is 0.111. The van der Waals surface area contributed by atoms with Gasteiger partial charge in [-0.2, -0.15) is 5.10 Å². The summed E-state index contributed by atoms with van der Waals surface area (Å²) in [5.74, 6) is 0.137. The van der Waals surface area contributed by atoms with Crippen molar-refractivity contribution in [1.82, 2.24) is 29.9 Å². The van der Waals surface area contributed by atoms with Crippen LogP contribution in [0.15, 0.2) is 24.7 Å². The standard InChI is InChI=1S/C17H19FN8O/c1-10-22-16-13(18)5-12(9-26(16)24-10)23-17(27)14-6-21-15(7-20-14)25-4-3-11(8-25)19-2/h5-7,9,11,19H,3-4,8H2,1-2H3,(H,23,27). The Hall–Kier alpha value is -3.14. The number of carbonyl (C=O) groups is 1. The second-order valence-electron chi connectivity index (χ2n) is 6.44. The number of hydrogen-bond acceptors (Lipinski definition) is 7. The molecule has 3 aromatic rings. The third-order valence-corrected chi connectivity index (χ3v) is 4.54. The first-order chi connectivity index (χ1) is 13.0. The maximum Gasteiger partial charge on any atom is 0.275 e. The lowest BCUT2D eigenvalue weighted by atomic mass is 10.3. The summed E-state index contributed by atoms with van der Waals surface area (Å²) in [6, 6.07) is 1.63. The smallest absolute Gasteiger partial charge is 0.275 e. The van der Waals surface area contributed by atoms with Gasteiger partial charge in [-0.15, -0.1) is 0 Å². The van der Waals surface area contributed by atoms with E-state index in [1.165, 1.54) is 23.0 Å². The molecule has 10 heteroatoms. The van der Waals surface area contributed by atoms with Crippen molar-refractivity contribution < 1.29 is 9.18 Å². The molecule has 1 amide bonds. The lowest BCUT2D eigenvalue weighted by molar-refractivity contribution is 0.102. The molecule has 2 N–H and O–H groups in total. The molecule has 0 radical (unpaired) electrons. The lowest BCUT2D eigenvalue weighted by Gasteiger charge is -2.16. The van der Waals surface area contributed by atoms with Crippen molar-refractivity contribution in [3.05, 3.63) is 42.0 Å². The average Bonchev–Trinajstić information content (AvgIpc) is 3.28. The fourth-order valence-corrected chi connectivity index (χ4v) is 3.12. The number of nitrogens with one attached hydrogen (secondary N) is 2. The third-order valence-electron chi connectivity index (χ3n) is 4.54. The number of aromatic nitrogens is 5. The van der Waals surface area contributed by atoms with Crippen LogP contribution in [-0.2, 0) is 0 Å². The summed E-state index contributed by atoms with van der Waals surface area (Å²) >= 11 is 0. The van der Waals surface area contributed by atoms with Gasteiger partial charge in [0.1, 0.15) is 17.3 Å². The second kappa shape index (κ2) is 6.88. The number of carbonyl (C=O) groups excluding carboxylic acids is 1. The molecule has 0 bridgehead atoms. The SMILES string of the molecule is CNC1CCN(c2cnc(C(=O)Nc3cc(F)c4nc(C)nn4c3)cn2)C1. The number of halogens is 1. The summed E-state index contributed by atoms with van der Waals surface area (Å²) in [6.07, 6.45) is 5.54. The minimum atomic E-state index is -0.567. The molecule has 27 heavy (non-hydrogen) atoms. The number of pyridine rings is 1. The van der Waals surface area contributed by atoms with Gasteiger partial charge in [-0.05, 0) is 20.4 Å². The number of fused-ring (bicyclic) bond motifs is 1. The molecule has 1 atom stereocenters. The summed E-state index contributed by atoms with van der Waals surface area (Å²) in [7, 11) is 1.94. The van der Waals surface area contributed by atoms with E-state index in [2.05, 4.69) is 35.6 Å². The van der Waals surface area contributed by atoms with Crippen molar-refractivity contribution in [2.45, 2.75) is 19.4 Å². The maximum absolute atomic E-state index is 14.1. The lowest BCUT2D eigenvalue weighted by Crippen LogP contribution is -2.30. The number of nitrogens with zero attached hydrogens (tertiary/aromatic N) is 6. The molecule has 3 aromatic heterocycles. The zero-order valence-electron chi connectivity index (χ0n) is 15.0. The zero-order chi connectivity index (χ0) is 19.0. The Morgan fingerprint density at radius 1 is 1.33 bits per heavy atom. The maximum atomic E-state index is 14.1. The highest BCUT2D eigenvalue weighted by Gasteiger charge is 2.22. The normalized spacial score (nSPS) is 16.9. The first kappa shape index (κ1) is 17.3. The summed E-state index contributed by atoms with van der Waals surface area (Å²) in [5, 5.41) is 9.91. The number of anilines is 2. The number of rotatable bonds is 4. The molecule has 4 rings (SSSR count). The van der Waals surface area contributed by atoms with Gasteiger partial charge in [0.25, 0.3) is 5.91 Å². The van der Waals surface area contributed by atoms with Gasteiger partial charge in [0.05, 0.1) is 24.3 Å². The van der Waals surface area contributed by atoms with E-state index in [0.717, 1.165) is 25.3 Å². The Morgan fingerprint density at radius 3 is 2.89 bits per heavy atom. The molecule has 1 unspecified atom stereocenters. The van der Waals surface area contributed by atoms with Gasteiger partial charge in [0.15, 0.2) is 11.5 Å². The highest BCUT2D eigenvalue weighted by molar-refractivity contribution is 6.02. The molecule has 1 aliphatic heterocycles. The highest BCUT2D eigenvalue weighted by atomic mass is 19.1. The molecule has 0 aliphatic carbocycles. The van der Waals surface area contributed by atoms with Gasteiger partial charge < -0.3 is 15.5 Å². The van der Waals surface area contributed by atoms with Crippen LogP contribution >= 0.6 is 0 Å². The summed E-state index contributed by atoms with van der Waals surface area (Å²) in [4.78, 5) is 27.0. The Kier molecular flexibility index (Phi) is 4.40. The van der Waals surface area contributed by atoms with Crippen molar-refractivity contribution in [2.75, 3.05) is 30.4 Å². The van der Waals surface area contributed by atoms with Gasteiger partial charge in [-0.3, -0.25) is 4.79 Å². The first-order valence-corrected chi connectivity index (χ1v) is 8.61. The minimum Gasteiger partial charge on any atom is -0.354 e. The van der Waals surface area contributed by atoms with E-state index in [4.69, 9.17) is 0 Å². The molecular weight excluding hydrogens is 351 g/mol. The Bertz CT molecular complexity index is 987. The predicted molar refractivity (Wildman–Crippen MR) is 97.3 cm³/mol. The van der Waals surface area contributed by atoms with Crippen LogP contribution in [0, 0.1) is 12.7 Å². The van der Waals surface area contributed by atoms with Gasteiger partial charge in [0, 0.05) is 25.2 Å². The van der Waals surface area contributed by atoms with Crippen molar-refractivity contribution in [2.24, 2.45) is 0 Å². The molecule has 1 aliphatic rings. The number of hydrogen-bond donors (Lipinski definition) is 2. The van der Waals surface area contributed by atoms with Crippen LogP contribution in [0.2, 0.25) is 0 Å². The van der Waals surface area contributed by atoms with Crippen molar-refractivity contribution in [3.63, 3.8) is 0 Å². The van der Waals surface area contributed by atoms with Crippen molar-refractivity contribution in [1.29, 1.82) is 0 Å². The average molecular weight is 370 g/mol. The first-order valence-electron chi connectivity index (χ1n) is 8.61. The van der Waals surface area contributed by atoms with E-state index < -0.39 is 11.7 Å². The number of likely N-dealkylation sites (N-methyl/N-ethyl adjacent to an activating group) is 1. The molecule has 140 valence electrons. The molecule has 0 aromatic carbocycles. The van der Waals surface area contributed by atoms with Crippen LogP contribution in [0.3, 0.4) is 0 Å². The van der Waals surface area contributed by atoms with E-state index in [1.807, 2.05) is 7.05 Å². The summed E-state index contributed by atoms with van der Waals surface area (Å²) in [5.41, 5.74) is 0.524. The Balaban J connectivity index is 1.48. The predicted octanol–water partition coefficient (Wildman–Crippen LogP) is 1.02. The quantitative estimate of drug-likeness (QED) is 0.707. The van der Waals surface area contributed by atoms with E-state index in [1.54, 1.807) is 13.1 Å². The molecule has 1 saturated heterocycles. The highest BCUT2D eigenvalue weighted by Crippen LogP contribution is 2.18. The zero-order valence-corrected chi connectivity index (χ0v) is 15.0. The second-order valence-corrected chi connectivity index (χ2v) is 6.44. The number of amides is 1. The topological polar surface area (TPSA) is 100 Å².